The quantitative estimate of drug-likeness (QED) is 0.588. The molecule has 0 N–H and O–H groups in total. The first-order valence-corrected chi connectivity index (χ1v) is 9.72. The van der Waals surface area contributed by atoms with Gasteiger partial charge in [-0.15, -0.1) is 0 Å². The number of fused-ring (bicyclic) bond motifs is 1. The number of benzene rings is 3. The number of nitrogens with zero attached hydrogens (tertiary/aromatic N) is 1. The SMILES string of the molecule is COc1ccc(-c2cc3c(c(OC)c2)OCCN(Cc2ccc(F)cc2F)C3)cc1. The van der Waals surface area contributed by atoms with Crippen LogP contribution in [0.4, 0.5) is 8.78 Å². The molecule has 0 aliphatic carbocycles. The third-order valence-electron chi connectivity index (χ3n) is 5.23. The smallest absolute Gasteiger partial charge is 0.165 e. The summed E-state index contributed by atoms with van der Waals surface area (Å²) in [5, 5.41) is 0. The molecule has 4 rings (SSSR count). The maximum atomic E-state index is 14.1. The molecule has 1 aliphatic rings. The van der Waals surface area contributed by atoms with Crippen LogP contribution in [0.25, 0.3) is 11.1 Å². The Morgan fingerprint density at radius 3 is 2.43 bits per heavy atom. The van der Waals surface area contributed by atoms with Crippen LogP contribution in [0.1, 0.15) is 11.1 Å². The molecule has 0 fully saturated rings. The molecule has 0 saturated carbocycles. The largest absolute Gasteiger partial charge is 0.497 e. The van der Waals surface area contributed by atoms with Crippen LogP contribution in [0.2, 0.25) is 0 Å². The molecule has 0 saturated heterocycles. The van der Waals surface area contributed by atoms with Gasteiger partial charge in [-0.05, 0) is 41.5 Å². The topological polar surface area (TPSA) is 30.9 Å². The van der Waals surface area contributed by atoms with E-state index in [0.29, 0.717) is 43.3 Å². The fourth-order valence-electron chi connectivity index (χ4n) is 3.67. The molecule has 0 unspecified atom stereocenters. The highest BCUT2D eigenvalue weighted by Crippen LogP contribution is 2.39. The second-order valence-corrected chi connectivity index (χ2v) is 7.19. The van der Waals surface area contributed by atoms with E-state index >= 15 is 0 Å². The first-order chi connectivity index (χ1) is 14.6. The molecule has 0 amide bonds. The van der Waals surface area contributed by atoms with Gasteiger partial charge in [-0.2, -0.15) is 0 Å². The summed E-state index contributed by atoms with van der Waals surface area (Å²) in [5.41, 5.74) is 3.43. The number of halogens is 2. The zero-order valence-electron chi connectivity index (χ0n) is 17.0. The molecule has 0 spiro atoms. The minimum Gasteiger partial charge on any atom is -0.497 e. The van der Waals surface area contributed by atoms with Gasteiger partial charge in [-0.25, -0.2) is 8.78 Å². The lowest BCUT2D eigenvalue weighted by Crippen LogP contribution is -2.25. The summed E-state index contributed by atoms with van der Waals surface area (Å²) in [4.78, 5) is 2.08. The van der Waals surface area contributed by atoms with Crippen LogP contribution in [0.15, 0.2) is 54.6 Å². The molecule has 4 nitrogen and oxygen atoms in total. The van der Waals surface area contributed by atoms with Crippen molar-refractivity contribution in [2.45, 2.75) is 13.1 Å². The summed E-state index contributed by atoms with van der Waals surface area (Å²) in [6.07, 6.45) is 0. The summed E-state index contributed by atoms with van der Waals surface area (Å²) in [6.45, 7) is 2.00. The molecule has 3 aromatic carbocycles. The minimum atomic E-state index is -0.574. The lowest BCUT2D eigenvalue weighted by atomic mass is 10.0. The van der Waals surface area contributed by atoms with Crippen LogP contribution in [0.3, 0.4) is 0 Å². The van der Waals surface area contributed by atoms with E-state index in [9.17, 15) is 8.78 Å². The molecule has 30 heavy (non-hydrogen) atoms. The van der Waals surface area contributed by atoms with E-state index < -0.39 is 11.6 Å². The van der Waals surface area contributed by atoms with Crippen molar-refractivity contribution in [3.05, 3.63) is 77.4 Å². The van der Waals surface area contributed by atoms with E-state index in [1.807, 2.05) is 30.3 Å². The maximum Gasteiger partial charge on any atom is 0.165 e. The van der Waals surface area contributed by atoms with Crippen LogP contribution < -0.4 is 14.2 Å². The maximum absolute atomic E-state index is 14.1. The van der Waals surface area contributed by atoms with Crippen LogP contribution in [0.5, 0.6) is 17.2 Å². The second kappa shape index (κ2) is 8.71. The Bertz CT molecular complexity index is 1040. The van der Waals surface area contributed by atoms with Crippen molar-refractivity contribution >= 4 is 0 Å². The molecular weight excluding hydrogens is 388 g/mol. The zero-order valence-corrected chi connectivity index (χ0v) is 17.0. The van der Waals surface area contributed by atoms with Crippen molar-refractivity contribution in [1.29, 1.82) is 0 Å². The first-order valence-electron chi connectivity index (χ1n) is 9.72. The summed E-state index contributed by atoms with van der Waals surface area (Å²) in [6, 6.07) is 15.5. The van der Waals surface area contributed by atoms with Gasteiger partial charge in [0.25, 0.3) is 0 Å². The Balaban J connectivity index is 1.65. The van der Waals surface area contributed by atoms with Gasteiger partial charge in [0.15, 0.2) is 11.5 Å². The number of hydrogen-bond acceptors (Lipinski definition) is 4. The number of ether oxygens (including phenoxy) is 3. The Labute approximate surface area is 174 Å². The fourth-order valence-corrected chi connectivity index (χ4v) is 3.67. The summed E-state index contributed by atoms with van der Waals surface area (Å²) in [5.74, 6) is 1.04. The summed E-state index contributed by atoms with van der Waals surface area (Å²) in [7, 11) is 3.25. The van der Waals surface area contributed by atoms with E-state index in [1.165, 1.54) is 12.1 Å². The molecule has 0 atom stereocenters. The lowest BCUT2D eigenvalue weighted by molar-refractivity contribution is 0.215. The van der Waals surface area contributed by atoms with Crippen LogP contribution in [-0.4, -0.2) is 32.3 Å². The van der Waals surface area contributed by atoms with Crippen molar-refractivity contribution in [3.8, 4) is 28.4 Å². The predicted molar refractivity (Wildman–Crippen MR) is 111 cm³/mol. The predicted octanol–water partition coefficient (Wildman–Crippen LogP) is 5.04. The van der Waals surface area contributed by atoms with Gasteiger partial charge in [0.1, 0.15) is 24.0 Å². The molecule has 6 heteroatoms. The van der Waals surface area contributed by atoms with Crippen LogP contribution in [-0.2, 0) is 13.1 Å². The molecule has 1 aliphatic heterocycles. The Hall–Kier alpha value is -3.12. The fraction of sp³-hybridized carbons (Fsp3) is 0.250. The van der Waals surface area contributed by atoms with E-state index in [-0.39, 0.29) is 0 Å². The van der Waals surface area contributed by atoms with Crippen molar-refractivity contribution in [3.63, 3.8) is 0 Å². The van der Waals surface area contributed by atoms with Gasteiger partial charge in [-0.3, -0.25) is 4.90 Å². The number of hydrogen-bond donors (Lipinski definition) is 0. The molecule has 1 heterocycles. The summed E-state index contributed by atoms with van der Waals surface area (Å²) >= 11 is 0. The zero-order chi connectivity index (χ0) is 21.1. The highest BCUT2D eigenvalue weighted by atomic mass is 19.1. The highest BCUT2D eigenvalue weighted by Gasteiger charge is 2.21. The molecule has 3 aromatic rings. The lowest BCUT2D eigenvalue weighted by Gasteiger charge is -2.20. The third kappa shape index (κ3) is 4.24. The van der Waals surface area contributed by atoms with E-state index in [4.69, 9.17) is 14.2 Å². The normalized spacial score (nSPS) is 13.9. The number of rotatable bonds is 5. The minimum absolute atomic E-state index is 0.365. The molecule has 156 valence electrons. The van der Waals surface area contributed by atoms with Crippen LogP contribution in [0, 0.1) is 11.6 Å². The monoisotopic (exact) mass is 411 g/mol. The third-order valence-corrected chi connectivity index (χ3v) is 5.23. The molecule has 0 bridgehead atoms. The number of methoxy groups -OCH3 is 2. The molecule has 0 radical (unpaired) electrons. The first kappa shape index (κ1) is 20.2. The standard InChI is InChI=1S/C24H23F2NO3/c1-28-21-7-4-16(5-8-21)18-11-19-15-27(9-10-30-24(19)23(12-18)29-2)14-17-3-6-20(25)13-22(17)26/h3-8,11-13H,9-10,14-15H2,1-2H3. The van der Waals surface area contributed by atoms with Gasteiger partial charge < -0.3 is 14.2 Å². The average molecular weight is 411 g/mol. The van der Waals surface area contributed by atoms with E-state index in [1.54, 1.807) is 14.2 Å². The highest BCUT2D eigenvalue weighted by molar-refractivity contribution is 5.70. The molecule has 0 aromatic heterocycles. The average Bonchev–Trinajstić information content (AvgIpc) is 2.97. The van der Waals surface area contributed by atoms with Crippen molar-refractivity contribution < 1.29 is 23.0 Å². The van der Waals surface area contributed by atoms with Gasteiger partial charge in [0, 0.05) is 36.8 Å². The van der Waals surface area contributed by atoms with Crippen molar-refractivity contribution in [1.82, 2.24) is 4.90 Å². The summed E-state index contributed by atoms with van der Waals surface area (Å²) < 4.78 is 44.2. The van der Waals surface area contributed by atoms with Crippen molar-refractivity contribution in [2.24, 2.45) is 0 Å². The van der Waals surface area contributed by atoms with Gasteiger partial charge in [-0.1, -0.05) is 18.2 Å². The Kier molecular flexibility index (Phi) is 5.86. The molecular formula is C24H23F2NO3. The van der Waals surface area contributed by atoms with Crippen LogP contribution >= 0.6 is 0 Å². The van der Waals surface area contributed by atoms with E-state index in [0.717, 1.165) is 28.5 Å². The van der Waals surface area contributed by atoms with Crippen molar-refractivity contribution in [2.75, 3.05) is 27.4 Å². The van der Waals surface area contributed by atoms with E-state index in [2.05, 4.69) is 11.0 Å². The van der Waals surface area contributed by atoms with Gasteiger partial charge >= 0.3 is 0 Å². The Morgan fingerprint density at radius 1 is 0.933 bits per heavy atom. The second-order valence-electron chi connectivity index (χ2n) is 7.19. The van der Waals surface area contributed by atoms with Gasteiger partial charge in [0.2, 0.25) is 0 Å². The Morgan fingerprint density at radius 2 is 1.73 bits per heavy atom. The van der Waals surface area contributed by atoms with Gasteiger partial charge in [0.05, 0.1) is 14.2 Å².